The van der Waals surface area contributed by atoms with Gasteiger partial charge in [-0.25, -0.2) is 0 Å². The maximum atomic E-state index is 4.22. The molecule has 0 saturated heterocycles. The van der Waals surface area contributed by atoms with Crippen molar-refractivity contribution in [2.75, 3.05) is 40.8 Å². The van der Waals surface area contributed by atoms with E-state index in [0.29, 0.717) is 5.92 Å². The Morgan fingerprint density at radius 3 is 2.17 bits per heavy atom. The van der Waals surface area contributed by atoms with Crippen LogP contribution in [-0.4, -0.2) is 51.6 Å². The second-order valence-electron chi connectivity index (χ2n) is 6.10. The average molecular weight is 370 g/mol. The molecular weight excluding hydrogens is 339 g/mol. The molecule has 2 N–H and O–H groups in total. The van der Waals surface area contributed by atoms with Crippen molar-refractivity contribution in [2.45, 2.75) is 27.7 Å². The van der Waals surface area contributed by atoms with Crippen LogP contribution in [0, 0.1) is 11.3 Å². The second kappa shape index (κ2) is 9.83. The quantitative estimate of drug-likeness (QED) is 0.427. The van der Waals surface area contributed by atoms with Crippen molar-refractivity contribution in [3.63, 3.8) is 0 Å². The van der Waals surface area contributed by atoms with Gasteiger partial charge in [-0.3, -0.25) is 4.99 Å². The van der Waals surface area contributed by atoms with Gasteiger partial charge in [-0.1, -0.05) is 27.7 Å². The van der Waals surface area contributed by atoms with Crippen LogP contribution in [0.4, 0.5) is 0 Å². The first-order valence-electron chi connectivity index (χ1n) is 6.36. The van der Waals surface area contributed by atoms with E-state index in [1.54, 1.807) is 0 Å². The summed E-state index contributed by atoms with van der Waals surface area (Å²) in [6.07, 6.45) is 0. The summed E-state index contributed by atoms with van der Waals surface area (Å²) in [5.41, 5.74) is 0.235. The highest BCUT2D eigenvalue weighted by molar-refractivity contribution is 14.0. The minimum absolute atomic E-state index is 0. The Bertz CT molecular complexity index is 237. The smallest absolute Gasteiger partial charge is 0.191 e. The zero-order valence-electron chi connectivity index (χ0n) is 13.0. The molecule has 0 atom stereocenters. The lowest BCUT2D eigenvalue weighted by Crippen LogP contribution is -2.45. The number of aliphatic imine (C=N–C) groups is 1. The number of guanidine groups is 1. The molecule has 0 heterocycles. The predicted octanol–water partition coefficient (Wildman–Crippen LogP) is 2.01. The monoisotopic (exact) mass is 370 g/mol. The van der Waals surface area contributed by atoms with E-state index < -0.39 is 0 Å². The molecule has 0 amide bonds. The minimum atomic E-state index is 0. The van der Waals surface area contributed by atoms with Gasteiger partial charge in [0.25, 0.3) is 0 Å². The van der Waals surface area contributed by atoms with Crippen molar-refractivity contribution < 1.29 is 0 Å². The number of nitrogens with one attached hydrogen (secondary N) is 2. The fourth-order valence-corrected chi connectivity index (χ4v) is 1.76. The Kier molecular flexibility index (Phi) is 11.1. The largest absolute Gasteiger partial charge is 0.356 e. The van der Waals surface area contributed by atoms with Gasteiger partial charge in [0.1, 0.15) is 0 Å². The van der Waals surface area contributed by atoms with Gasteiger partial charge in [0.15, 0.2) is 5.96 Å². The highest BCUT2D eigenvalue weighted by Crippen LogP contribution is 2.13. The molecule has 0 radical (unpaired) electrons. The average Bonchev–Trinajstić information content (AvgIpc) is 2.15. The molecule has 4 nitrogen and oxygen atoms in total. The Hall–Kier alpha value is -0.0400. The lowest BCUT2D eigenvalue weighted by atomic mass is 9.93. The molecule has 0 bridgehead atoms. The summed E-state index contributed by atoms with van der Waals surface area (Å²) in [6, 6.07) is 0. The van der Waals surface area contributed by atoms with Gasteiger partial charge in [0, 0.05) is 26.7 Å². The van der Waals surface area contributed by atoms with Crippen LogP contribution in [0.5, 0.6) is 0 Å². The molecule has 0 aromatic rings. The van der Waals surface area contributed by atoms with Crippen molar-refractivity contribution in [3.05, 3.63) is 0 Å². The van der Waals surface area contributed by atoms with Gasteiger partial charge in [-0.2, -0.15) is 0 Å². The summed E-state index contributed by atoms with van der Waals surface area (Å²) in [5.74, 6) is 1.52. The normalized spacial score (nSPS) is 12.6. The van der Waals surface area contributed by atoms with Gasteiger partial charge < -0.3 is 15.5 Å². The van der Waals surface area contributed by atoms with Gasteiger partial charge in [-0.05, 0) is 25.4 Å². The Balaban J connectivity index is 0. The third-order valence-corrected chi connectivity index (χ3v) is 2.38. The molecule has 0 unspecified atom stereocenters. The van der Waals surface area contributed by atoms with Crippen molar-refractivity contribution in [2.24, 2.45) is 16.3 Å². The van der Waals surface area contributed by atoms with Crippen LogP contribution >= 0.6 is 24.0 Å². The topological polar surface area (TPSA) is 39.7 Å². The molecule has 0 saturated carbocycles. The number of hydrogen-bond acceptors (Lipinski definition) is 2. The van der Waals surface area contributed by atoms with Crippen molar-refractivity contribution in [1.29, 1.82) is 0 Å². The zero-order chi connectivity index (χ0) is 13.5. The minimum Gasteiger partial charge on any atom is -0.356 e. The third kappa shape index (κ3) is 11.1. The number of rotatable bonds is 6. The van der Waals surface area contributed by atoms with Crippen molar-refractivity contribution >= 4 is 29.9 Å². The Labute approximate surface area is 130 Å². The van der Waals surface area contributed by atoms with Crippen LogP contribution in [0.25, 0.3) is 0 Å². The first-order chi connectivity index (χ1) is 7.76. The summed E-state index contributed by atoms with van der Waals surface area (Å²) in [7, 11) is 6.02. The van der Waals surface area contributed by atoms with Crippen LogP contribution in [-0.2, 0) is 0 Å². The molecule has 110 valence electrons. The molecule has 0 aliphatic carbocycles. The number of nitrogens with zero attached hydrogens (tertiary/aromatic N) is 2. The first kappa shape index (κ1) is 20.3. The van der Waals surface area contributed by atoms with E-state index in [1.165, 1.54) is 0 Å². The molecule has 0 spiro atoms. The molecule has 0 aromatic heterocycles. The lowest BCUT2D eigenvalue weighted by Gasteiger charge is -2.29. The van der Waals surface area contributed by atoms with E-state index in [-0.39, 0.29) is 29.4 Å². The molecule has 0 rings (SSSR count). The van der Waals surface area contributed by atoms with Crippen molar-refractivity contribution in [3.8, 4) is 0 Å². The van der Waals surface area contributed by atoms with Crippen LogP contribution in [0.15, 0.2) is 4.99 Å². The van der Waals surface area contributed by atoms with Gasteiger partial charge in [-0.15, -0.1) is 24.0 Å². The van der Waals surface area contributed by atoms with Gasteiger partial charge in [0.05, 0.1) is 0 Å². The lowest BCUT2D eigenvalue weighted by molar-refractivity contribution is 0.241. The first-order valence-corrected chi connectivity index (χ1v) is 6.36. The summed E-state index contributed by atoms with van der Waals surface area (Å²) in [4.78, 5) is 6.44. The molecule has 0 aliphatic rings. The Morgan fingerprint density at radius 2 is 1.78 bits per heavy atom. The molecule has 18 heavy (non-hydrogen) atoms. The van der Waals surface area contributed by atoms with Crippen LogP contribution in [0.3, 0.4) is 0 Å². The maximum Gasteiger partial charge on any atom is 0.191 e. The van der Waals surface area contributed by atoms with Crippen LogP contribution in [0.1, 0.15) is 27.7 Å². The number of halogens is 1. The van der Waals surface area contributed by atoms with Gasteiger partial charge >= 0.3 is 0 Å². The SMILES string of the molecule is CN=C(NCC(C)C)NCC(C)(C)CN(C)C.I. The predicted molar refractivity (Wildman–Crippen MR) is 92.0 cm³/mol. The Morgan fingerprint density at radius 1 is 1.22 bits per heavy atom. The van der Waals surface area contributed by atoms with Crippen LogP contribution in [0.2, 0.25) is 0 Å². The molecule has 0 aliphatic heterocycles. The van der Waals surface area contributed by atoms with E-state index in [0.717, 1.165) is 25.6 Å². The van der Waals surface area contributed by atoms with E-state index >= 15 is 0 Å². The van der Waals surface area contributed by atoms with Crippen LogP contribution < -0.4 is 10.6 Å². The fourth-order valence-electron chi connectivity index (χ4n) is 1.76. The number of hydrogen-bond donors (Lipinski definition) is 2. The zero-order valence-corrected chi connectivity index (χ0v) is 15.3. The van der Waals surface area contributed by atoms with E-state index in [4.69, 9.17) is 0 Å². The van der Waals surface area contributed by atoms with Crippen molar-refractivity contribution in [1.82, 2.24) is 15.5 Å². The van der Waals surface area contributed by atoms with Gasteiger partial charge in [0.2, 0.25) is 0 Å². The molecule has 0 aromatic carbocycles. The highest BCUT2D eigenvalue weighted by Gasteiger charge is 2.19. The summed E-state index contributed by atoms with van der Waals surface area (Å²) in [6.45, 7) is 11.8. The fraction of sp³-hybridized carbons (Fsp3) is 0.923. The molecule has 5 heteroatoms. The second-order valence-corrected chi connectivity index (χ2v) is 6.10. The highest BCUT2D eigenvalue weighted by atomic mass is 127. The van der Waals surface area contributed by atoms with E-state index in [2.05, 4.69) is 62.3 Å². The standard InChI is InChI=1S/C13H30N4.HI/c1-11(2)8-15-12(14-5)16-9-13(3,4)10-17(6)7;/h11H,8-10H2,1-7H3,(H2,14,15,16);1H. The summed E-state index contributed by atoms with van der Waals surface area (Å²) in [5, 5.41) is 6.70. The molecule has 0 fully saturated rings. The maximum absolute atomic E-state index is 4.22. The van der Waals surface area contributed by atoms with E-state index in [1.807, 2.05) is 7.05 Å². The van der Waals surface area contributed by atoms with E-state index in [9.17, 15) is 0 Å². The summed E-state index contributed by atoms with van der Waals surface area (Å²) >= 11 is 0. The summed E-state index contributed by atoms with van der Waals surface area (Å²) < 4.78 is 0. The third-order valence-electron chi connectivity index (χ3n) is 2.38. The molecular formula is C13H31IN4.